The molecule has 2 fully saturated rings. The molecule has 0 aliphatic carbocycles. The van der Waals surface area contributed by atoms with E-state index in [0.717, 1.165) is 58.4 Å². The maximum Gasteiger partial charge on any atom is 0.0836 e. The van der Waals surface area contributed by atoms with Crippen LogP contribution in [0.3, 0.4) is 0 Å². The third-order valence-corrected chi connectivity index (χ3v) is 3.60. The highest BCUT2D eigenvalue weighted by Crippen LogP contribution is 2.35. The van der Waals surface area contributed by atoms with Crippen molar-refractivity contribution in [1.82, 2.24) is 5.32 Å². The van der Waals surface area contributed by atoms with Gasteiger partial charge in [-0.05, 0) is 38.8 Å². The molecule has 0 aromatic rings. The second-order valence-electron chi connectivity index (χ2n) is 4.87. The molecule has 0 bridgehead atoms. The fourth-order valence-corrected chi connectivity index (χ4v) is 2.62. The molecule has 3 heteroatoms. The van der Waals surface area contributed by atoms with E-state index in [1.165, 1.54) is 0 Å². The average molecular weight is 225 g/mol. The molecular weight excluding hydrogens is 202 g/mol. The molecule has 2 aliphatic rings. The SMILES string of the molecule is C=CCCCOC1COC2(CCNCC2)C1. The quantitative estimate of drug-likeness (QED) is 0.572. The van der Waals surface area contributed by atoms with Gasteiger partial charge in [0.25, 0.3) is 0 Å². The zero-order chi connectivity index (χ0) is 11.3. The molecule has 2 aliphatic heterocycles. The summed E-state index contributed by atoms with van der Waals surface area (Å²) >= 11 is 0. The summed E-state index contributed by atoms with van der Waals surface area (Å²) in [5.41, 5.74) is 0.133. The summed E-state index contributed by atoms with van der Waals surface area (Å²) in [6.45, 7) is 7.51. The Balaban J connectivity index is 1.68. The Labute approximate surface area is 98.2 Å². The van der Waals surface area contributed by atoms with Gasteiger partial charge in [-0.1, -0.05) is 6.08 Å². The third-order valence-electron chi connectivity index (χ3n) is 3.60. The predicted molar refractivity (Wildman–Crippen MR) is 64.6 cm³/mol. The molecule has 92 valence electrons. The first-order valence-electron chi connectivity index (χ1n) is 6.42. The predicted octanol–water partition coefficient (Wildman–Crippen LogP) is 1.88. The lowest BCUT2D eigenvalue weighted by Gasteiger charge is -2.32. The summed E-state index contributed by atoms with van der Waals surface area (Å²) in [4.78, 5) is 0. The fraction of sp³-hybridized carbons (Fsp3) is 0.846. The van der Waals surface area contributed by atoms with Crippen molar-refractivity contribution in [3.63, 3.8) is 0 Å². The Kier molecular flexibility index (Phi) is 4.38. The minimum Gasteiger partial charge on any atom is -0.376 e. The molecule has 0 aromatic carbocycles. The molecule has 0 saturated carbocycles. The Bertz CT molecular complexity index is 224. The van der Waals surface area contributed by atoms with E-state index >= 15 is 0 Å². The number of ether oxygens (including phenoxy) is 2. The highest BCUT2D eigenvalue weighted by molar-refractivity contribution is 4.93. The molecule has 16 heavy (non-hydrogen) atoms. The molecule has 0 radical (unpaired) electrons. The van der Waals surface area contributed by atoms with Crippen LogP contribution in [-0.2, 0) is 9.47 Å². The van der Waals surface area contributed by atoms with E-state index in [4.69, 9.17) is 9.47 Å². The Hall–Kier alpha value is -0.380. The highest BCUT2D eigenvalue weighted by Gasteiger charge is 2.41. The first-order valence-corrected chi connectivity index (χ1v) is 6.42. The van der Waals surface area contributed by atoms with Gasteiger partial charge in [0.15, 0.2) is 0 Å². The lowest BCUT2D eigenvalue weighted by molar-refractivity contribution is -0.0233. The summed E-state index contributed by atoms with van der Waals surface area (Å²) in [5.74, 6) is 0. The zero-order valence-electron chi connectivity index (χ0n) is 10.0. The zero-order valence-corrected chi connectivity index (χ0v) is 10.0. The average Bonchev–Trinajstić information content (AvgIpc) is 2.69. The molecule has 1 N–H and O–H groups in total. The molecule has 0 amide bonds. The second-order valence-corrected chi connectivity index (χ2v) is 4.87. The molecule has 2 rings (SSSR count). The minimum absolute atomic E-state index is 0.133. The van der Waals surface area contributed by atoms with Gasteiger partial charge in [-0.25, -0.2) is 0 Å². The molecule has 0 aromatic heterocycles. The second kappa shape index (κ2) is 5.80. The van der Waals surface area contributed by atoms with E-state index in [-0.39, 0.29) is 5.60 Å². The van der Waals surface area contributed by atoms with Crippen molar-refractivity contribution < 1.29 is 9.47 Å². The normalized spacial score (nSPS) is 28.4. The maximum absolute atomic E-state index is 5.97. The van der Waals surface area contributed by atoms with Crippen LogP contribution in [0, 0.1) is 0 Å². The topological polar surface area (TPSA) is 30.5 Å². The van der Waals surface area contributed by atoms with E-state index < -0.39 is 0 Å². The number of nitrogens with one attached hydrogen (secondary N) is 1. The summed E-state index contributed by atoms with van der Waals surface area (Å²) < 4.78 is 11.8. The standard InChI is InChI=1S/C13H23NO2/c1-2-3-4-9-15-12-10-13(16-11-12)5-7-14-8-6-13/h2,12,14H,1,3-11H2. The van der Waals surface area contributed by atoms with E-state index in [1.807, 2.05) is 6.08 Å². The van der Waals surface area contributed by atoms with Crippen LogP contribution in [0.2, 0.25) is 0 Å². The van der Waals surface area contributed by atoms with Crippen molar-refractivity contribution in [3.8, 4) is 0 Å². The molecule has 1 unspecified atom stereocenters. The van der Waals surface area contributed by atoms with E-state index in [2.05, 4.69) is 11.9 Å². The van der Waals surface area contributed by atoms with Crippen LogP contribution in [0.15, 0.2) is 12.7 Å². The Morgan fingerprint density at radius 2 is 2.25 bits per heavy atom. The van der Waals surface area contributed by atoms with Crippen LogP contribution in [0.5, 0.6) is 0 Å². The number of allylic oxidation sites excluding steroid dienone is 1. The molecule has 3 nitrogen and oxygen atoms in total. The molecule has 2 saturated heterocycles. The van der Waals surface area contributed by atoms with Gasteiger partial charge in [-0.15, -0.1) is 6.58 Å². The van der Waals surface area contributed by atoms with Crippen molar-refractivity contribution >= 4 is 0 Å². The smallest absolute Gasteiger partial charge is 0.0836 e. The van der Waals surface area contributed by atoms with Crippen molar-refractivity contribution in [2.45, 2.75) is 43.8 Å². The van der Waals surface area contributed by atoms with Gasteiger partial charge in [0.1, 0.15) is 0 Å². The van der Waals surface area contributed by atoms with E-state index in [1.54, 1.807) is 0 Å². The monoisotopic (exact) mass is 225 g/mol. The summed E-state index contributed by atoms with van der Waals surface area (Å²) in [6.07, 6.45) is 7.75. The lowest BCUT2D eigenvalue weighted by Crippen LogP contribution is -2.41. The number of rotatable bonds is 5. The summed E-state index contributed by atoms with van der Waals surface area (Å²) in [7, 11) is 0. The van der Waals surface area contributed by atoms with E-state index in [0.29, 0.717) is 6.10 Å². The number of hydrogen-bond acceptors (Lipinski definition) is 3. The Morgan fingerprint density at radius 1 is 1.44 bits per heavy atom. The van der Waals surface area contributed by atoms with Crippen LogP contribution < -0.4 is 5.32 Å². The first-order chi connectivity index (χ1) is 7.85. The maximum atomic E-state index is 5.97. The number of piperidine rings is 1. The van der Waals surface area contributed by atoms with Gasteiger partial charge in [0, 0.05) is 13.0 Å². The molecule has 1 atom stereocenters. The summed E-state index contributed by atoms with van der Waals surface area (Å²) in [5, 5.41) is 3.38. The Morgan fingerprint density at radius 3 is 3.00 bits per heavy atom. The van der Waals surface area contributed by atoms with Crippen molar-refractivity contribution in [2.75, 3.05) is 26.3 Å². The molecule has 2 heterocycles. The van der Waals surface area contributed by atoms with Crippen molar-refractivity contribution in [1.29, 1.82) is 0 Å². The molecular formula is C13H23NO2. The number of hydrogen-bond donors (Lipinski definition) is 1. The van der Waals surface area contributed by atoms with Crippen molar-refractivity contribution in [2.24, 2.45) is 0 Å². The number of unbranched alkanes of at least 4 members (excludes halogenated alkanes) is 1. The van der Waals surface area contributed by atoms with Gasteiger partial charge in [-0.2, -0.15) is 0 Å². The third kappa shape index (κ3) is 3.06. The fourth-order valence-electron chi connectivity index (χ4n) is 2.62. The molecule has 1 spiro atoms. The first kappa shape index (κ1) is 12.1. The lowest BCUT2D eigenvalue weighted by atomic mass is 9.89. The van der Waals surface area contributed by atoms with Crippen LogP contribution >= 0.6 is 0 Å². The van der Waals surface area contributed by atoms with Gasteiger partial charge in [0.2, 0.25) is 0 Å². The minimum atomic E-state index is 0.133. The van der Waals surface area contributed by atoms with Gasteiger partial charge in [0.05, 0.1) is 18.3 Å². The van der Waals surface area contributed by atoms with Crippen LogP contribution in [-0.4, -0.2) is 38.0 Å². The van der Waals surface area contributed by atoms with Crippen LogP contribution in [0.4, 0.5) is 0 Å². The van der Waals surface area contributed by atoms with Crippen LogP contribution in [0.1, 0.15) is 32.1 Å². The van der Waals surface area contributed by atoms with Gasteiger partial charge in [-0.3, -0.25) is 0 Å². The highest BCUT2D eigenvalue weighted by atomic mass is 16.6. The largest absolute Gasteiger partial charge is 0.376 e. The van der Waals surface area contributed by atoms with Gasteiger partial charge >= 0.3 is 0 Å². The van der Waals surface area contributed by atoms with Crippen LogP contribution in [0.25, 0.3) is 0 Å². The van der Waals surface area contributed by atoms with E-state index in [9.17, 15) is 0 Å². The summed E-state index contributed by atoms with van der Waals surface area (Å²) in [6, 6.07) is 0. The van der Waals surface area contributed by atoms with Crippen molar-refractivity contribution in [3.05, 3.63) is 12.7 Å². The van der Waals surface area contributed by atoms with Gasteiger partial charge < -0.3 is 14.8 Å².